The number of carbonyl (C=O) groups is 1. The number of carbonyl (C=O) groups excluding carboxylic acids is 1. The Morgan fingerprint density at radius 3 is 2.64 bits per heavy atom. The van der Waals surface area contributed by atoms with Gasteiger partial charge in [0.1, 0.15) is 5.82 Å². The molecule has 0 aliphatic heterocycles. The molecule has 0 aliphatic rings. The molecule has 1 aromatic carbocycles. The van der Waals surface area contributed by atoms with E-state index in [1.807, 2.05) is 64.2 Å². The van der Waals surface area contributed by atoms with Crippen molar-refractivity contribution >= 4 is 5.91 Å². The predicted octanol–water partition coefficient (Wildman–Crippen LogP) is 3.67. The standard InChI is InChI=1S/C20H22N4O/c1-13-10-16(8-9-21-13)12-24(4)20(25)18-7-5-6-17(11-18)19-14(2)22-15(3)23-19/h5-11H,12H2,1-4H3,(H,22,23). The van der Waals surface area contributed by atoms with Gasteiger partial charge in [0.2, 0.25) is 0 Å². The van der Waals surface area contributed by atoms with Gasteiger partial charge in [-0.05, 0) is 50.6 Å². The first kappa shape index (κ1) is 16.9. The van der Waals surface area contributed by atoms with Crippen molar-refractivity contribution in [1.29, 1.82) is 0 Å². The molecule has 128 valence electrons. The van der Waals surface area contributed by atoms with Gasteiger partial charge in [0.25, 0.3) is 5.91 Å². The van der Waals surface area contributed by atoms with E-state index >= 15 is 0 Å². The molecule has 0 unspecified atom stereocenters. The number of rotatable bonds is 4. The van der Waals surface area contributed by atoms with Crippen LogP contribution in [-0.4, -0.2) is 32.8 Å². The van der Waals surface area contributed by atoms with Gasteiger partial charge >= 0.3 is 0 Å². The Labute approximate surface area is 147 Å². The van der Waals surface area contributed by atoms with Crippen LogP contribution in [0.2, 0.25) is 0 Å². The highest BCUT2D eigenvalue weighted by molar-refractivity contribution is 5.95. The second-order valence-electron chi connectivity index (χ2n) is 6.34. The summed E-state index contributed by atoms with van der Waals surface area (Å²) < 4.78 is 0. The van der Waals surface area contributed by atoms with Gasteiger partial charge in [-0.3, -0.25) is 9.78 Å². The number of H-pyrrole nitrogens is 1. The van der Waals surface area contributed by atoms with E-state index in [0.717, 1.165) is 34.0 Å². The Morgan fingerprint density at radius 1 is 1.16 bits per heavy atom. The van der Waals surface area contributed by atoms with Gasteiger partial charge in [0.15, 0.2) is 0 Å². The van der Waals surface area contributed by atoms with Crippen molar-refractivity contribution in [2.45, 2.75) is 27.3 Å². The number of nitrogens with one attached hydrogen (secondary N) is 1. The molecule has 0 spiro atoms. The smallest absolute Gasteiger partial charge is 0.253 e. The van der Waals surface area contributed by atoms with Crippen LogP contribution in [0.3, 0.4) is 0 Å². The highest BCUT2D eigenvalue weighted by Crippen LogP contribution is 2.22. The number of aryl methyl sites for hydroxylation is 3. The number of amides is 1. The van der Waals surface area contributed by atoms with Gasteiger partial charge in [-0.1, -0.05) is 12.1 Å². The lowest BCUT2D eigenvalue weighted by atomic mass is 10.1. The number of nitrogens with zero attached hydrogens (tertiary/aromatic N) is 3. The summed E-state index contributed by atoms with van der Waals surface area (Å²) in [7, 11) is 1.81. The van der Waals surface area contributed by atoms with E-state index in [1.54, 1.807) is 11.1 Å². The molecule has 2 aromatic heterocycles. The fraction of sp³-hybridized carbons (Fsp3) is 0.250. The van der Waals surface area contributed by atoms with Crippen LogP contribution < -0.4 is 0 Å². The molecule has 3 aromatic rings. The summed E-state index contributed by atoms with van der Waals surface area (Å²) in [5.41, 5.74) is 5.51. The lowest BCUT2D eigenvalue weighted by Gasteiger charge is -2.18. The fourth-order valence-corrected chi connectivity index (χ4v) is 2.96. The lowest BCUT2D eigenvalue weighted by molar-refractivity contribution is 0.0785. The van der Waals surface area contributed by atoms with Crippen molar-refractivity contribution in [3.63, 3.8) is 0 Å². The molecule has 5 nitrogen and oxygen atoms in total. The maximum Gasteiger partial charge on any atom is 0.253 e. The molecule has 0 saturated heterocycles. The van der Waals surface area contributed by atoms with Crippen LogP contribution >= 0.6 is 0 Å². The zero-order valence-corrected chi connectivity index (χ0v) is 15.0. The van der Waals surface area contributed by atoms with Gasteiger partial charge in [-0.25, -0.2) is 4.98 Å². The summed E-state index contributed by atoms with van der Waals surface area (Å²) in [6, 6.07) is 11.6. The molecule has 0 bridgehead atoms. The van der Waals surface area contributed by atoms with Crippen molar-refractivity contribution in [2.24, 2.45) is 0 Å². The third-order valence-corrected chi connectivity index (χ3v) is 4.11. The van der Waals surface area contributed by atoms with E-state index < -0.39 is 0 Å². The van der Waals surface area contributed by atoms with Crippen LogP contribution in [0.25, 0.3) is 11.3 Å². The van der Waals surface area contributed by atoms with E-state index in [-0.39, 0.29) is 5.91 Å². The van der Waals surface area contributed by atoms with Gasteiger partial charge in [0.05, 0.1) is 5.69 Å². The average molecular weight is 334 g/mol. The molecule has 0 atom stereocenters. The Kier molecular flexibility index (Phi) is 4.65. The summed E-state index contributed by atoms with van der Waals surface area (Å²) in [6.45, 7) is 6.41. The molecule has 0 saturated carbocycles. The molecule has 3 rings (SSSR count). The summed E-state index contributed by atoms with van der Waals surface area (Å²) in [5.74, 6) is 0.857. The predicted molar refractivity (Wildman–Crippen MR) is 98.3 cm³/mol. The summed E-state index contributed by atoms with van der Waals surface area (Å²) in [5, 5.41) is 0. The minimum atomic E-state index is -0.0128. The van der Waals surface area contributed by atoms with Crippen LogP contribution in [0.1, 0.15) is 33.1 Å². The van der Waals surface area contributed by atoms with Crippen molar-refractivity contribution < 1.29 is 4.79 Å². The topological polar surface area (TPSA) is 61.9 Å². The van der Waals surface area contributed by atoms with Crippen molar-refractivity contribution in [3.05, 3.63) is 70.9 Å². The highest BCUT2D eigenvalue weighted by Gasteiger charge is 2.14. The molecule has 0 fully saturated rings. The van der Waals surface area contributed by atoms with Gasteiger partial charge in [-0.15, -0.1) is 0 Å². The van der Waals surface area contributed by atoms with Gasteiger partial charge in [-0.2, -0.15) is 0 Å². The summed E-state index contributed by atoms with van der Waals surface area (Å²) in [4.78, 5) is 26.4. The van der Waals surface area contributed by atoms with Crippen LogP contribution in [0.5, 0.6) is 0 Å². The number of hydrogen-bond acceptors (Lipinski definition) is 3. The first-order chi connectivity index (χ1) is 11.9. The normalized spacial score (nSPS) is 10.7. The molecule has 1 amide bonds. The Balaban J connectivity index is 1.82. The van der Waals surface area contributed by atoms with Crippen LogP contribution in [0.4, 0.5) is 0 Å². The molecule has 0 radical (unpaired) electrons. The summed E-state index contributed by atoms with van der Waals surface area (Å²) >= 11 is 0. The number of imidazole rings is 1. The van der Waals surface area contributed by atoms with E-state index in [0.29, 0.717) is 12.1 Å². The first-order valence-corrected chi connectivity index (χ1v) is 8.24. The number of pyridine rings is 1. The molecule has 2 heterocycles. The van der Waals surface area contributed by atoms with Gasteiger partial charge in [0, 0.05) is 42.3 Å². The molecule has 5 heteroatoms. The Morgan fingerprint density at radius 2 is 1.96 bits per heavy atom. The third-order valence-electron chi connectivity index (χ3n) is 4.11. The molecule has 25 heavy (non-hydrogen) atoms. The van der Waals surface area contributed by atoms with Gasteiger partial charge < -0.3 is 9.88 Å². The molecule has 1 N–H and O–H groups in total. The SMILES string of the molecule is Cc1cc(CN(C)C(=O)c2cccc(-c3nc(C)[nH]c3C)c2)ccn1. The van der Waals surface area contributed by atoms with E-state index in [9.17, 15) is 4.79 Å². The van der Waals surface area contributed by atoms with E-state index in [4.69, 9.17) is 0 Å². The lowest BCUT2D eigenvalue weighted by Crippen LogP contribution is -2.26. The monoisotopic (exact) mass is 334 g/mol. The van der Waals surface area contributed by atoms with Crippen LogP contribution in [-0.2, 0) is 6.54 Å². The minimum absolute atomic E-state index is 0.0128. The second-order valence-corrected chi connectivity index (χ2v) is 6.34. The van der Waals surface area contributed by atoms with Crippen LogP contribution in [0, 0.1) is 20.8 Å². The van der Waals surface area contributed by atoms with Crippen LogP contribution in [0.15, 0.2) is 42.6 Å². The zero-order valence-electron chi connectivity index (χ0n) is 15.0. The number of hydrogen-bond donors (Lipinski definition) is 1. The first-order valence-electron chi connectivity index (χ1n) is 8.24. The zero-order chi connectivity index (χ0) is 18.0. The number of aromatic nitrogens is 3. The number of aromatic amines is 1. The molecular formula is C20H22N4O. The fourth-order valence-electron chi connectivity index (χ4n) is 2.96. The third kappa shape index (κ3) is 3.76. The highest BCUT2D eigenvalue weighted by atomic mass is 16.2. The van der Waals surface area contributed by atoms with Crippen molar-refractivity contribution in [1.82, 2.24) is 19.9 Å². The maximum atomic E-state index is 12.8. The quantitative estimate of drug-likeness (QED) is 0.792. The van der Waals surface area contributed by atoms with E-state index in [2.05, 4.69) is 15.0 Å². The second kappa shape index (κ2) is 6.89. The summed E-state index contributed by atoms with van der Waals surface area (Å²) in [6.07, 6.45) is 1.77. The van der Waals surface area contributed by atoms with Crippen molar-refractivity contribution in [3.8, 4) is 11.3 Å². The van der Waals surface area contributed by atoms with Crippen molar-refractivity contribution in [2.75, 3.05) is 7.05 Å². The molecular weight excluding hydrogens is 312 g/mol. The average Bonchev–Trinajstić information content (AvgIpc) is 2.92. The Hall–Kier alpha value is -2.95. The minimum Gasteiger partial charge on any atom is -0.346 e. The number of benzene rings is 1. The Bertz CT molecular complexity index is 914. The largest absolute Gasteiger partial charge is 0.346 e. The maximum absolute atomic E-state index is 12.8. The molecule has 0 aliphatic carbocycles. The van der Waals surface area contributed by atoms with E-state index in [1.165, 1.54) is 0 Å².